The van der Waals surface area contributed by atoms with Gasteiger partial charge in [0.25, 0.3) is 5.91 Å². The molecule has 0 radical (unpaired) electrons. The first-order valence-corrected chi connectivity index (χ1v) is 8.48. The van der Waals surface area contributed by atoms with Gasteiger partial charge in [-0.05, 0) is 53.9 Å². The highest BCUT2D eigenvalue weighted by atomic mass is 19.2. The molecular formula is C21H18F2N2O2. The van der Waals surface area contributed by atoms with Crippen LogP contribution >= 0.6 is 0 Å². The molecule has 0 bridgehead atoms. The van der Waals surface area contributed by atoms with Crippen molar-refractivity contribution in [1.29, 1.82) is 0 Å². The first kappa shape index (κ1) is 18.5. The van der Waals surface area contributed by atoms with E-state index in [1.165, 1.54) is 6.07 Å². The van der Waals surface area contributed by atoms with E-state index in [1.54, 1.807) is 36.7 Å². The van der Waals surface area contributed by atoms with Gasteiger partial charge in [-0.25, -0.2) is 8.78 Å². The van der Waals surface area contributed by atoms with Gasteiger partial charge in [-0.1, -0.05) is 19.1 Å². The Hall–Kier alpha value is -3.28. The lowest BCUT2D eigenvalue weighted by Gasteiger charge is -2.13. The molecule has 1 amide bonds. The van der Waals surface area contributed by atoms with Crippen LogP contribution in [0.3, 0.4) is 0 Å². The Bertz CT molecular complexity index is 946. The quantitative estimate of drug-likeness (QED) is 0.683. The van der Waals surface area contributed by atoms with Gasteiger partial charge in [0, 0.05) is 6.20 Å². The second kappa shape index (κ2) is 8.40. The number of amides is 1. The zero-order valence-corrected chi connectivity index (χ0v) is 14.7. The Morgan fingerprint density at radius 1 is 1.07 bits per heavy atom. The Labute approximate surface area is 155 Å². The Balaban J connectivity index is 1.81. The van der Waals surface area contributed by atoms with Crippen LogP contribution in [-0.2, 0) is 13.0 Å². The SMILES string of the molecule is CCc1ccc(OCc2ccc(F)c(F)c2)c(C(=O)Nc2cccnc2)c1. The molecule has 0 atom stereocenters. The van der Waals surface area contributed by atoms with Gasteiger partial charge in [0.1, 0.15) is 12.4 Å². The summed E-state index contributed by atoms with van der Waals surface area (Å²) in [4.78, 5) is 16.7. The van der Waals surface area contributed by atoms with Crippen molar-refractivity contribution in [3.8, 4) is 5.75 Å². The number of anilines is 1. The summed E-state index contributed by atoms with van der Waals surface area (Å²) in [5, 5.41) is 2.77. The van der Waals surface area contributed by atoms with Crippen LogP contribution in [0, 0.1) is 11.6 Å². The third-order valence-corrected chi connectivity index (χ3v) is 3.99. The van der Waals surface area contributed by atoms with E-state index in [2.05, 4.69) is 10.3 Å². The fourth-order valence-electron chi connectivity index (χ4n) is 2.53. The number of carbonyl (C=O) groups is 1. The normalized spacial score (nSPS) is 10.5. The highest BCUT2D eigenvalue weighted by Crippen LogP contribution is 2.23. The average Bonchev–Trinajstić information content (AvgIpc) is 2.69. The number of halogens is 2. The number of benzene rings is 2. The predicted molar refractivity (Wildman–Crippen MR) is 98.7 cm³/mol. The van der Waals surface area contributed by atoms with Crippen molar-refractivity contribution in [3.63, 3.8) is 0 Å². The highest BCUT2D eigenvalue weighted by molar-refractivity contribution is 6.06. The van der Waals surface area contributed by atoms with Gasteiger partial charge in [-0.15, -0.1) is 0 Å². The number of ether oxygens (including phenoxy) is 1. The second-order valence-electron chi connectivity index (χ2n) is 5.92. The number of pyridine rings is 1. The standard InChI is InChI=1S/C21H18F2N2O2/c1-2-14-6-8-20(27-13-15-5-7-18(22)19(23)11-15)17(10-14)21(26)25-16-4-3-9-24-12-16/h3-12H,2,13H2,1H3,(H,25,26). The molecule has 2 aromatic carbocycles. The molecule has 1 N–H and O–H groups in total. The lowest BCUT2D eigenvalue weighted by Crippen LogP contribution is -2.14. The number of carbonyl (C=O) groups excluding carboxylic acids is 1. The largest absolute Gasteiger partial charge is 0.488 e. The third-order valence-electron chi connectivity index (χ3n) is 3.99. The molecule has 3 rings (SSSR count). The molecule has 0 aliphatic carbocycles. The summed E-state index contributed by atoms with van der Waals surface area (Å²) in [7, 11) is 0. The summed E-state index contributed by atoms with van der Waals surface area (Å²) in [5.74, 6) is -1.83. The maximum Gasteiger partial charge on any atom is 0.259 e. The maximum absolute atomic E-state index is 13.4. The van der Waals surface area contributed by atoms with E-state index in [9.17, 15) is 13.6 Å². The summed E-state index contributed by atoms with van der Waals surface area (Å²) in [5.41, 5.74) is 2.37. The van der Waals surface area contributed by atoms with Crippen molar-refractivity contribution in [3.05, 3.63) is 89.2 Å². The van der Waals surface area contributed by atoms with Gasteiger partial charge in [-0.2, -0.15) is 0 Å². The number of hydrogen-bond acceptors (Lipinski definition) is 3. The van der Waals surface area contributed by atoms with Crippen LogP contribution < -0.4 is 10.1 Å². The molecule has 0 saturated carbocycles. The fraction of sp³-hybridized carbons (Fsp3) is 0.143. The number of nitrogens with zero attached hydrogens (tertiary/aromatic N) is 1. The molecule has 27 heavy (non-hydrogen) atoms. The molecule has 4 nitrogen and oxygen atoms in total. The summed E-state index contributed by atoms with van der Waals surface area (Å²) in [6.07, 6.45) is 3.92. The van der Waals surface area contributed by atoms with Crippen LogP contribution in [0.2, 0.25) is 0 Å². The molecule has 0 aliphatic rings. The fourth-order valence-corrected chi connectivity index (χ4v) is 2.53. The topological polar surface area (TPSA) is 51.2 Å². The molecule has 6 heteroatoms. The lowest BCUT2D eigenvalue weighted by atomic mass is 10.1. The first-order chi connectivity index (χ1) is 13.1. The minimum absolute atomic E-state index is 0.00977. The van der Waals surface area contributed by atoms with Crippen molar-refractivity contribution >= 4 is 11.6 Å². The van der Waals surface area contributed by atoms with E-state index in [0.29, 0.717) is 22.6 Å². The summed E-state index contributed by atoms with van der Waals surface area (Å²) >= 11 is 0. The van der Waals surface area contributed by atoms with Crippen LogP contribution in [0.4, 0.5) is 14.5 Å². The number of nitrogens with one attached hydrogen (secondary N) is 1. The molecule has 1 heterocycles. The minimum atomic E-state index is -0.938. The monoisotopic (exact) mass is 368 g/mol. The van der Waals surface area contributed by atoms with E-state index >= 15 is 0 Å². The van der Waals surface area contributed by atoms with Crippen molar-refractivity contribution in [2.45, 2.75) is 20.0 Å². The van der Waals surface area contributed by atoms with Gasteiger partial charge < -0.3 is 10.1 Å². The van der Waals surface area contributed by atoms with E-state index in [1.807, 2.05) is 13.0 Å². The summed E-state index contributed by atoms with van der Waals surface area (Å²) in [6.45, 7) is 2.00. The molecule has 3 aromatic rings. The number of aryl methyl sites for hydroxylation is 1. The first-order valence-electron chi connectivity index (χ1n) is 8.48. The van der Waals surface area contributed by atoms with Crippen LogP contribution in [0.5, 0.6) is 5.75 Å². The number of aromatic nitrogens is 1. The van der Waals surface area contributed by atoms with Gasteiger partial charge in [-0.3, -0.25) is 9.78 Å². The summed E-state index contributed by atoms with van der Waals surface area (Å²) in [6, 6.07) is 12.3. The Morgan fingerprint density at radius 2 is 1.89 bits per heavy atom. The number of rotatable bonds is 6. The van der Waals surface area contributed by atoms with Gasteiger partial charge >= 0.3 is 0 Å². The van der Waals surface area contributed by atoms with E-state index < -0.39 is 11.6 Å². The van der Waals surface area contributed by atoms with Gasteiger partial charge in [0.05, 0.1) is 17.4 Å². The lowest BCUT2D eigenvalue weighted by molar-refractivity contribution is 0.102. The van der Waals surface area contributed by atoms with Gasteiger partial charge in [0.2, 0.25) is 0 Å². The maximum atomic E-state index is 13.4. The van der Waals surface area contributed by atoms with E-state index in [0.717, 1.165) is 24.1 Å². The van der Waals surface area contributed by atoms with Crippen LogP contribution in [0.1, 0.15) is 28.4 Å². The van der Waals surface area contributed by atoms with Crippen LogP contribution in [0.15, 0.2) is 60.9 Å². The van der Waals surface area contributed by atoms with Crippen LogP contribution in [0.25, 0.3) is 0 Å². The van der Waals surface area contributed by atoms with Crippen molar-refractivity contribution in [2.24, 2.45) is 0 Å². The van der Waals surface area contributed by atoms with Crippen molar-refractivity contribution < 1.29 is 18.3 Å². The second-order valence-corrected chi connectivity index (χ2v) is 5.92. The minimum Gasteiger partial charge on any atom is -0.488 e. The van der Waals surface area contributed by atoms with E-state index in [4.69, 9.17) is 4.74 Å². The van der Waals surface area contributed by atoms with Crippen LogP contribution in [-0.4, -0.2) is 10.9 Å². The molecular weight excluding hydrogens is 350 g/mol. The van der Waals surface area contributed by atoms with Crippen molar-refractivity contribution in [2.75, 3.05) is 5.32 Å². The smallest absolute Gasteiger partial charge is 0.259 e. The zero-order valence-electron chi connectivity index (χ0n) is 14.7. The Kier molecular flexibility index (Phi) is 5.76. The van der Waals surface area contributed by atoms with E-state index in [-0.39, 0.29) is 12.5 Å². The molecule has 0 aliphatic heterocycles. The highest BCUT2D eigenvalue weighted by Gasteiger charge is 2.14. The number of hydrogen-bond donors (Lipinski definition) is 1. The molecule has 0 saturated heterocycles. The zero-order chi connectivity index (χ0) is 19.2. The summed E-state index contributed by atoms with van der Waals surface area (Å²) < 4.78 is 32.1. The Morgan fingerprint density at radius 3 is 2.59 bits per heavy atom. The molecule has 0 fully saturated rings. The van der Waals surface area contributed by atoms with Crippen molar-refractivity contribution in [1.82, 2.24) is 4.98 Å². The third kappa shape index (κ3) is 4.67. The average molecular weight is 368 g/mol. The van der Waals surface area contributed by atoms with Gasteiger partial charge in [0.15, 0.2) is 11.6 Å². The molecule has 138 valence electrons. The molecule has 0 spiro atoms. The molecule has 0 unspecified atom stereocenters. The molecule has 1 aromatic heterocycles. The predicted octanol–water partition coefficient (Wildman–Crippen LogP) is 4.75.